The first-order valence-electron chi connectivity index (χ1n) is 6.61. The van der Waals surface area contributed by atoms with Crippen molar-refractivity contribution in [2.75, 3.05) is 5.75 Å². The van der Waals surface area contributed by atoms with Crippen LogP contribution in [0.4, 0.5) is 0 Å². The number of nitrogens with zero attached hydrogens (tertiary/aromatic N) is 3. The molecule has 3 heterocycles. The van der Waals surface area contributed by atoms with Crippen LogP contribution in [-0.4, -0.2) is 48.4 Å². The van der Waals surface area contributed by atoms with E-state index in [1.54, 1.807) is 6.20 Å². The lowest BCUT2D eigenvalue weighted by Gasteiger charge is -2.23. The molecular weight excluding hydrogens is 290 g/mol. The van der Waals surface area contributed by atoms with Crippen LogP contribution in [0, 0.1) is 6.92 Å². The van der Waals surface area contributed by atoms with E-state index in [9.17, 15) is 14.7 Å². The molecule has 0 aliphatic carbocycles. The maximum Gasteiger partial charge on any atom is 0.327 e. The van der Waals surface area contributed by atoms with E-state index < -0.39 is 12.0 Å². The number of carboxylic acid groups (broad SMARTS) is 1. The third-order valence-corrected chi connectivity index (χ3v) is 4.88. The van der Waals surface area contributed by atoms with Crippen LogP contribution in [0.5, 0.6) is 0 Å². The topological polar surface area (TPSA) is 74.9 Å². The van der Waals surface area contributed by atoms with Gasteiger partial charge in [0, 0.05) is 17.6 Å². The molecule has 1 amide bonds. The van der Waals surface area contributed by atoms with Crippen molar-refractivity contribution in [3.8, 4) is 0 Å². The van der Waals surface area contributed by atoms with E-state index in [2.05, 4.69) is 4.98 Å². The lowest BCUT2D eigenvalue weighted by Crippen LogP contribution is -2.44. The van der Waals surface area contributed by atoms with Crippen molar-refractivity contribution in [1.29, 1.82) is 0 Å². The first-order chi connectivity index (χ1) is 9.99. The van der Waals surface area contributed by atoms with Crippen LogP contribution in [0.2, 0.25) is 0 Å². The molecule has 2 aromatic rings. The number of fused-ring (bicyclic) bond motifs is 1. The van der Waals surface area contributed by atoms with Crippen molar-refractivity contribution in [1.82, 2.24) is 14.3 Å². The molecule has 2 unspecified atom stereocenters. The quantitative estimate of drug-likeness (QED) is 0.913. The van der Waals surface area contributed by atoms with Gasteiger partial charge >= 0.3 is 5.97 Å². The number of thioether (sulfide) groups is 1. The molecule has 2 atom stereocenters. The first kappa shape index (κ1) is 13.9. The van der Waals surface area contributed by atoms with Crippen molar-refractivity contribution in [2.24, 2.45) is 0 Å². The second-order valence-electron chi connectivity index (χ2n) is 5.02. The lowest BCUT2D eigenvalue weighted by atomic mass is 10.2. The Kier molecular flexibility index (Phi) is 3.36. The summed E-state index contributed by atoms with van der Waals surface area (Å²) in [6, 6.07) is 4.83. The molecule has 6 nitrogen and oxygen atoms in total. The molecule has 3 rings (SSSR count). The predicted octanol–water partition coefficient (Wildman–Crippen LogP) is 1.63. The van der Waals surface area contributed by atoms with E-state index in [-0.39, 0.29) is 17.0 Å². The van der Waals surface area contributed by atoms with Crippen molar-refractivity contribution in [3.05, 3.63) is 35.8 Å². The Morgan fingerprint density at radius 1 is 1.43 bits per heavy atom. The van der Waals surface area contributed by atoms with Gasteiger partial charge < -0.3 is 14.4 Å². The van der Waals surface area contributed by atoms with Crippen LogP contribution in [0.1, 0.15) is 23.1 Å². The summed E-state index contributed by atoms with van der Waals surface area (Å²) in [5.74, 6) is -0.891. The molecular formula is C14H15N3O3S. The van der Waals surface area contributed by atoms with Crippen LogP contribution < -0.4 is 0 Å². The van der Waals surface area contributed by atoms with Gasteiger partial charge in [0.25, 0.3) is 5.91 Å². The minimum atomic E-state index is -0.972. The standard InChI is InChI=1S/C14H15N3O3S/c1-8-4-3-5-12-15-10(6-16(8)12)13(18)17-9(2)21-7-11(17)14(19)20/h3-6,9,11H,7H2,1-2H3,(H,19,20). The highest BCUT2D eigenvalue weighted by molar-refractivity contribution is 8.00. The lowest BCUT2D eigenvalue weighted by molar-refractivity contribution is -0.141. The maximum absolute atomic E-state index is 12.6. The van der Waals surface area contributed by atoms with Crippen LogP contribution in [0.15, 0.2) is 24.4 Å². The molecule has 1 fully saturated rings. The number of imidazole rings is 1. The second kappa shape index (κ2) is 5.07. The average Bonchev–Trinajstić information content (AvgIpc) is 3.02. The van der Waals surface area contributed by atoms with Gasteiger partial charge in [-0.25, -0.2) is 9.78 Å². The molecule has 2 aromatic heterocycles. The van der Waals surface area contributed by atoms with Gasteiger partial charge in [-0.15, -0.1) is 11.8 Å². The number of aromatic nitrogens is 2. The Balaban J connectivity index is 1.99. The summed E-state index contributed by atoms with van der Waals surface area (Å²) < 4.78 is 1.83. The highest BCUT2D eigenvalue weighted by atomic mass is 32.2. The number of carbonyl (C=O) groups excluding carboxylic acids is 1. The zero-order chi connectivity index (χ0) is 15.1. The summed E-state index contributed by atoms with van der Waals surface area (Å²) in [7, 11) is 0. The number of aliphatic carboxylic acids is 1. The zero-order valence-corrected chi connectivity index (χ0v) is 12.5. The molecule has 1 aliphatic rings. The molecule has 0 saturated carbocycles. The Hall–Kier alpha value is -2.02. The predicted molar refractivity (Wildman–Crippen MR) is 79.4 cm³/mol. The first-order valence-corrected chi connectivity index (χ1v) is 7.65. The minimum Gasteiger partial charge on any atom is -0.480 e. The number of aryl methyl sites for hydroxylation is 1. The molecule has 110 valence electrons. The average molecular weight is 305 g/mol. The summed E-state index contributed by atoms with van der Waals surface area (Å²) >= 11 is 1.46. The number of carboxylic acids is 1. The van der Waals surface area contributed by atoms with E-state index in [1.807, 2.05) is 36.4 Å². The Morgan fingerprint density at radius 2 is 2.19 bits per heavy atom. The van der Waals surface area contributed by atoms with E-state index >= 15 is 0 Å². The smallest absolute Gasteiger partial charge is 0.327 e. The Labute approximate surface area is 125 Å². The number of pyridine rings is 1. The fourth-order valence-electron chi connectivity index (χ4n) is 2.53. The molecule has 0 spiro atoms. The van der Waals surface area contributed by atoms with Gasteiger partial charge in [-0.3, -0.25) is 4.79 Å². The molecule has 0 radical (unpaired) electrons. The fourth-order valence-corrected chi connectivity index (χ4v) is 3.69. The highest BCUT2D eigenvalue weighted by Gasteiger charge is 2.40. The molecule has 1 saturated heterocycles. The monoisotopic (exact) mass is 305 g/mol. The van der Waals surface area contributed by atoms with Crippen LogP contribution in [0.3, 0.4) is 0 Å². The van der Waals surface area contributed by atoms with E-state index in [0.717, 1.165) is 5.69 Å². The highest BCUT2D eigenvalue weighted by Crippen LogP contribution is 2.30. The van der Waals surface area contributed by atoms with Gasteiger partial charge in [0.15, 0.2) is 0 Å². The Bertz CT molecular complexity index is 727. The summed E-state index contributed by atoms with van der Waals surface area (Å²) in [5.41, 5.74) is 1.94. The van der Waals surface area contributed by atoms with E-state index in [4.69, 9.17) is 0 Å². The maximum atomic E-state index is 12.6. The third kappa shape index (κ3) is 2.27. The van der Waals surface area contributed by atoms with E-state index in [0.29, 0.717) is 11.4 Å². The molecule has 0 bridgehead atoms. The van der Waals surface area contributed by atoms with Gasteiger partial charge in [0.05, 0.1) is 5.37 Å². The van der Waals surface area contributed by atoms with Crippen LogP contribution in [-0.2, 0) is 4.79 Å². The molecule has 1 aliphatic heterocycles. The molecule has 0 aromatic carbocycles. The van der Waals surface area contributed by atoms with Gasteiger partial charge in [0.1, 0.15) is 17.4 Å². The van der Waals surface area contributed by atoms with Crippen molar-refractivity contribution in [2.45, 2.75) is 25.3 Å². The SMILES string of the molecule is Cc1cccc2nc(C(=O)N3C(C)SCC3C(=O)O)cn12. The van der Waals surface area contributed by atoms with Gasteiger partial charge in [0.2, 0.25) is 0 Å². The summed E-state index contributed by atoms with van der Waals surface area (Å²) in [6.45, 7) is 3.77. The fraction of sp³-hybridized carbons (Fsp3) is 0.357. The molecule has 21 heavy (non-hydrogen) atoms. The van der Waals surface area contributed by atoms with Crippen LogP contribution in [0.25, 0.3) is 5.65 Å². The largest absolute Gasteiger partial charge is 0.480 e. The van der Waals surface area contributed by atoms with Crippen LogP contribution >= 0.6 is 11.8 Å². The number of amides is 1. The molecule has 7 heteroatoms. The summed E-state index contributed by atoms with van der Waals surface area (Å²) in [4.78, 5) is 29.6. The van der Waals surface area contributed by atoms with Gasteiger partial charge in [-0.05, 0) is 26.0 Å². The normalized spacial score (nSPS) is 21.9. The van der Waals surface area contributed by atoms with Crippen molar-refractivity contribution < 1.29 is 14.7 Å². The van der Waals surface area contributed by atoms with E-state index in [1.165, 1.54) is 16.7 Å². The summed E-state index contributed by atoms with van der Waals surface area (Å²) in [6.07, 6.45) is 1.67. The second-order valence-corrected chi connectivity index (χ2v) is 6.37. The van der Waals surface area contributed by atoms with Gasteiger partial charge in [-0.1, -0.05) is 6.07 Å². The van der Waals surface area contributed by atoms with Crippen molar-refractivity contribution in [3.63, 3.8) is 0 Å². The minimum absolute atomic E-state index is 0.162. The van der Waals surface area contributed by atoms with Gasteiger partial charge in [-0.2, -0.15) is 0 Å². The summed E-state index contributed by atoms with van der Waals surface area (Å²) in [5, 5.41) is 9.09. The Morgan fingerprint density at radius 3 is 2.86 bits per heavy atom. The number of hydrogen-bond donors (Lipinski definition) is 1. The zero-order valence-electron chi connectivity index (χ0n) is 11.7. The number of carbonyl (C=O) groups is 2. The third-order valence-electron chi connectivity index (χ3n) is 3.66. The molecule has 1 N–H and O–H groups in total. The number of hydrogen-bond acceptors (Lipinski definition) is 4. The number of rotatable bonds is 2. The van der Waals surface area contributed by atoms with Crippen molar-refractivity contribution >= 4 is 29.3 Å².